The topological polar surface area (TPSA) is 76.4 Å². The number of carbonyl (C=O) groups is 1. The SMILES string of the molecule is O=C(C=Cc1cccc(-c2nc3ccccc3n2Cc2ccccc2OC(F)(F)F)c1)NO. The van der Waals surface area contributed by atoms with E-state index >= 15 is 0 Å². The van der Waals surface area contributed by atoms with Crippen LogP contribution in [-0.4, -0.2) is 27.0 Å². The molecule has 0 spiro atoms. The second-order valence-electron chi connectivity index (χ2n) is 7.10. The van der Waals surface area contributed by atoms with Crippen LogP contribution in [0.4, 0.5) is 13.2 Å². The number of nitrogens with zero attached hydrogens (tertiary/aromatic N) is 2. The first kappa shape index (κ1) is 22.1. The van der Waals surface area contributed by atoms with E-state index in [9.17, 15) is 18.0 Å². The lowest BCUT2D eigenvalue weighted by atomic mass is 10.1. The Balaban J connectivity index is 1.79. The molecule has 0 radical (unpaired) electrons. The Morgan fingerprint density at radius 2 is 1.82 bits per heavy atom. The molecule has 1 amide bonds. The molecule has 9 heteroatoms. The number of aromatic nitrogens is 2. The van der Waals surface area contributed by atoms with Crippen molar-refractivity contribution < 1.29 is 27.9 Å². The van der Waals surface area contributed by atoms with Gasteiger partial charge in [0.15, 0.2) is 0 Å². The van der Waals surface area contributed by atoms with Crippen LogP contribution in [0, 0.1) is 0 Å². The molecule has 0 saturated heterocycles. The molecule has 0 bridgehead atoms. The van der Waals surface area contributed by atoms with E-state index in [1.54, 1.807) is 30.3 Å². The number of hydrogen-bond donors (Lipinski definition) is 2. The van der Waals surface area contributed by atoms with Crippen LogP contribution in [0.15, 0.2) is 78.9 Å². The lowest BCUT2D eigenvalue weighted by Crippen LogP contribution is -2.18. The van der Waals surface area contributed by atoms with Crippen LogP contribution in [0.5, 0.6) is 5.75 Å². The minimum Gasteiger partial charge on any atom is -0.405 e. The molecule has 0 saturated carbocycles. The van der Waals surface area contributed by atoms with E-state index in [0.29, 0.717) is 28.0 Å². The van der Waals surface area contributed by atoms with Crippen molar-refractivity contribution in [1.29, 1.82) is 0 Å². The van der Waals surface area contributed by atoms with E-state index in [1.807, 2.05) is 34.9 Å². The molecule has 2 N–H and O–H groups in total. The third kappa shape index (κ3) is 5.21. The molecule has 6 nitrogen and oxygen atoms in total. The van der Waals surface area contributed by atoms with E-state index in [-0.39, 0.29) is 12.3 Å². The van der Waals surface area contributed by atoms with Crippen LogP contribution in [0.2, 0.25) is 0 Å². The average Bonchev–Trinajstić information content (AvgIpc) is 3.16. The molecular formula is C24H18F3N3O3. The van der Waals surface area contributed by atoms with Gasteiger partial charge in [-0.1, -0.05) is 48.5 Å². The van der Waals surface area contributed by atoms with E-state index in [4.69, 9.17) is 10.2 Å². The molecule has 0 fully saturated rings. The number of imidazole rings is 1. The van der Waals surface area contributed by atoms with Gasteiger partial charge in [0.05, 0.1) is 17.6 Å². The Hall–Kier alpha value is -4.11. The van der Waals surface area contributed by atoms with Crippen LogP contribution >= 0.6 is 0 Å². The molecule has 0 aliphatic rings. The highest BCUT2D eigenvalue weighted by atomic mass is 19.4. The van der Waals surface area contributed by atoms with Crippen LogP contribution in [0.25, 0.3) is 28.5 Å². The minimum atomic E-state index is -4.81. The number of alkyl halides is 3. The third-order valence-corrected chi connectivity index (χ3v) is 4.86. The number of benzene rings is 3. The summed E-state index contributed by atoms with van der Waals surface area (Å²) >= 11 is 0. The van der Waals surface area contributed by atoms with Gasteiger partial charge in [-0.25, -0.2) is 10.5 Å². The highest BCUT2D eigenvalue weighted by Gasteiger charge is 2.32. The van der Waals surface area contributed by atoms with Gasteiger partial charge in [-0.05, 0) is 35.9 Å². The summed E-state index contributed by atoms with van der Waals surface area (Å²) in [5, 5.41) is 8.65. The van der Waals surface area contributed by atoms with Crippen molar-refractivity contribution in [3.8, 4) is 17.1 Å². The van der Waals surface area contributed by atoms with Crippen LogP contribution in [0.3, 0.4) is 0 Å². The zero-order valence-corrected chi connectivity index (χ0v) is 17.1. The lowest BCUT2D eigenvalue weighted by Gasteiger charge is -2.15. The van der Waals surface area contributed by atoms with E-state index < -0.39 is 12.3 Å². The van der Waals surface area contributed by atoms with Gasteiger partial charge < -0.3 is 9.30 Å². The number of amides is 1. The van der Waals surface area contributed by atoms with Gasteiger partial charge in [-0.15, -0.1) is 13.2 Å². The summed E-state index contributed by atoms with van der Waals surface area (Å²) < 4.78 is 44.8. The summed E-state index contributed by atoms with van der Waals surface area (Å²) in [6, 6.07) is 20.5. The van der Waals surface area contributed by atoms with Gasteiger partial charge in [0, 0.05) is 17.2 Å². The number of ether oxygens (including phenoxy) is 1. The molecular weight excluding hydrogens is 435 g/mol. The molecule has 3 aromatic carbocycles. The fourth-order valence-electron chi connectivity index (χ4n) is 3.48. The van der Waals surface area contributed by atoms with Crippen molar-refractivity contribution in [3.63, 3.8) is 0 Å². The molecule has 0 unspecified atom stereocenters. The Labute approximate surface area is 186 Å². The fourth-order valence-corrected chi connectivity index (χ4v) is 3.48. The number of nitrogens with one attached hydrogen (secondary N) is 1. The lowest BCUT2D eigenvalue weighted by molar-refractivity contribution is -0.274. The summed E-state index contributed by atoms with van der Waals surface area (Å²) in [5.41, 5.74) is 4.67. The summed E-state index contributed by atoms with van der Waals surface area (Å²) in [5.74, 6) is -0.408. The smallest absolute Gasteiger partial charge is 0.405 e. The van der Waals surface area contributed by atoms with E-state index in [0.717, 1.165) is 5.52 Å². The quantitative estimate of drug-likeness (QED) is 0.240. The molecule has 1 heterocycles. The molecule has 33 heavy (non-hydrogen) atoms. The highest BCUT2D eigenvalue weighted by molar-refractivity contribution is 5.91. The average molecular weight is 453 g/mol. The molecule has 0 aliphatic heterocycles. The summed E-state index contributed by atoms with van der Waals surface area (Å²) in [4.78, 5) is 16.0. The Bertz CT molecular complexity index is 1330. The standard InChI is InChI=1S/C24H18F3N3O3/c25-24(26,27)33-21-11-4-1-7-18(21)15-30-20-10-3-2-9-19(20)28-23(30)17-8-5-6-16(14-17)12-13-22(31)29-32/h1-14,32H,15H2,(H,29,31). The molecule has 0 atom stereocenters. The predicted molar refractivity (Wildman–Crippen MR) is 116 cm³/mol. The summed E-state index contributed by atoms with van der Waals surface area (Å²) in [6.07, 6.45) is -2.11. The number of rotatable bonds is 6. The molecule has 1 aromatic heterocycles. The Kier molecular flexibility index (Phi) is 6.14. The number of carbonyl (C=O) groups excluding carboxylic acids is 1. The van der Waals surface area contributed by atoms with Crippen LogP contribution in [0.1, 0.15) is 11.1 Å². The second-order valence-corrected chi connectivity index (χ2v) is 7.10. The summed E-state index contributed by atoms with van der Waals surface area (Å²) in [7, 11) is 0. The van der Waals surface area contributed by atoms with Crippen molar-refractivity contribution in [3.05, 3.63) is 90.0 Å². The van der Waals surface area contributed by atoms with Gasteiger partial charge in [-0.2, -0.15) is 0 Å². The van der Waals surface area contributed by atoms with Gasteiger partial charge in [0.2, 0.25) is 0 Å². The third-order valence-electron chi connectivity index (χ3n) is 4.86. The number of hydrogen-bond acceptors (Lipinski definition) is 4. The predicted octanol–water partition coefficient (Wildman–Crippen LogP) is 5.17. The molecule has 0 aliphatic carbocycles. The monoisotopic (exact) mass is 453 g/mol. The van der Waals surface area contributed by atoms with E-state index in [1.165, 1.54) is 29.8 Å². The maximum atomic E-state index is 12.9. The molecule has 4 rings (SSSR count). The van der Waals surface area contributed by atoms with Crippen molar-refractivity contribution in [2.75, 3.05) is 0 Å². The first-order valence-corrected chi connectivity index (χ1v) is 9.85. The minimum absolute atomic E-state index is 0.0923. The van der Waals surface area contributed by atoms with E-state index in [2.05, 4.69) is 4.74 Å². The number of hydroxylamine groups is 1. The fraction of sp³-hybridized carbons (Fsp3) is 0.0833. The summed E-state index contributed by atoms with van der Waals surface area (Å²) in [6.45, 7) is 0.0923. The largest absolute Gasteiger partial charge is 0.573 e. The first-order chi connectivity index (χ1) is 15.8. The highest BCUT2D eigenvalue weighted by Crippen LogP contribution is 2.31. The maximum Gasteiger partial charge on any atom is 0.573 e. The van der Waals surface area contributed by atoms with Gasteiger partial charge in [0.25, 0.3) is 5.91 Å². The number of halogens is 3. The van der Waals surface area contributed by atoms with Crippen LogP contribution in [-0.2, 0) is 11.3 Å². The number of para-hydroxylation sites is 3. The van der Waals surface area contributed by atoms with Gasteiger partial charge >= 0.3 is 6.36 Å². The van der Waals surface area contributed by atoms with Crippen molar-refractivity contribution in [2.45, 2.75) is 12.9 Å². The van der Waals surface area contributed by atoms with Gasteiger partial charge in [-0.3, -0.25) is 10.0 Å². The number of fused-ring (bicyclic) bond motifs is 1. The molecule has 4 aromatic rings. The first-order valence-electron chi connectivity index (χ1n) is 9.85. The maximum absolute atomic E-state index is 12.9. The molecule has 168 valence electrons. The Morgan fingerprint density at radius 3 is 2.61 bits per heavy atom. The van der Waals surface area contributed by atoms with Crippen molar-refractivity contribution >= 4 is 23.0 Å². The zero-order valence-electron chi connectivity index (χ0n) is 17.1. The second kappa shape index (κ2) is 9.17. The van der Waals surface area contributed by atoms with Crippen molar-refractivity contribution in [2.24, 2.45) is 0 Å². The van der Waals surface area contributed by atoms with Crippen LogP contribution < -0.4 is 10.2 Å². The zero-order chi connectivity index (χ0) is 23.4. The normalized spacial score (nSPS) is 11.8. The Morgan fingerprint density at radius 1 is 1.06 bits per heavy atom. The van der Waals surface area contributed by atoms with Gasteiger partial charge in [0.1, 0.15) is 11.6 Å². The van der Waals surface area contributed by atoms with Crippen molar-refractivity contribution in [1.82, 2.24) is 15.0 Å².